The van der Waals surface area contributed by atoms with Gasteiger partial charge >= 0.3 is 5.97 Å². The van der Waals surface area contributed by atoms with Crippen LogP contribution in [0.25, 0.3) is 0 Å². The molecule has 2 N–H and O–H groups in total. The highest BCUT2D eigenvalue weighted by Gasteiger charge is 2.15. The summed E-state index contributed by atoms with van der Waals surface area (Å²) in [5, 5.41) is 0. The second-order valence-electron chi connectivity index (χ2n) is 3.40. The summed E-state index contributed by atoms with van der Waals surface area (Å²) in [7, 11) is 1.57. The third kappa shape index (κ3) is 3.55. The van der Waals surface area contributed by atoms with E-state index in [2.05, 4.69) is 0 Å². The van der Waals surface area contributed by atoms with Crippen LogP contribution >= 0.6 is 0 Å². The van der Waals surface area contributed by atoms with Crippen LogP contribution in [0.5, 0.6) is 0 Å². The SMILES string of the molecule is CCOC(=O)CC(OC)c1ccc(N)cc1. The number of methoxy groups -OCH3 is 1. The van der Waals surface area contributed by atoms with Crippen LogP contribution in [0.15, 0.2) is 24.3 Å². The van der Waals surface area contributed by atoms with Crippen molar-refractivity contribution in [3.8, 4) is 0 Å². The number of esters is 1. The zero-order valence-corrected chi connectivity index (χ0v) is 9.60. The van der Waals surface area contributed by atoms with Gasteiger partial charge in [-0.1, -0.05) is 12.1 Å². The normalized spacial score (nSPS) is 12.1. The zero-order chi connectivity index (χ0) is 12.0. The Balaban J connectivity index is 2.67. The molecule has 1 atom stereocenters. The predicted octanol–water partition coefficient (Wildman–Crippen LogP) is 1.91. The van der Waals surface area contributed by atoms with Gasteiger partial charge in [0.05, 0.1) is 19.1 Å². The minimum absolute atomic E-state index is 0.217. The number of carbonyl (C=O) groups excluding carboxylic acids is 1. The minimum Gasteiger partial charge on any atom is -0.466 e. The average molecular weight is 223 g/mol. The molecule has 0 spiro atoms. The summed E-state index contributed by atoms with van der Waals surface area (Å²) in [6.45, 7) is 2.17. The maximum absolute atomic E-state index is 11.3. The predicted molar refractivity (Wildman–Crippen MR) is 61.9 cm³/mol. The van der Waals surface area contributed by atoms with E-state index in [1.54, 1.807) is 26.2 Å². The van der Waals surface area contributed by atoms with Gasteiger partial charge in [0.15, 0.2) is 0 Å². The zero-order valence-electron chi connectivity index (χ0n) is 9.60. The van der Waals surface area contributed by atoms with Crippen molar-refractivity contribution >= 4 is 11.7 Å². The molecule has 0 aliphatic heterocycles. The molecule has 4 nitrogen and oxygen atoms in total. The van der Waals surface area contributed by atoms with Crippen LogP contribution in [0.1, 0.15) is 25.0 Å². The summed E-state index contributed by atoms with van der Waals surface area (Å²) >= 11 is 0. The fourth-order valence-electron chi connectivity index (χ4n) is 1.42. The summed E-state index contributed by atoms with van der Waals surface area (Å²) in [6, 6.07) is 7.27. The third-order valence-electron chi connectivity index (χ3n) is 2.25. The number of hydrogen-bond donors (Lipinski definition) is 1. The van der Waals surface area contributed by atoms with E-state index in [1.165, 1.54) is 0 Å². The van der Waals surface area contributed by atoms with Gasteiger partial charge in [-0.2, -0.15) is 0 Å². The molecule has 1 rings (SSSR count). The number of carbonyl (C=O) groups is 1. The van der Waals surface area contributed by atoms with E-state index in [4.69, 9.17) is 15.2 Å². The molecule has 4 heteroatoms. The number of hydrogen-bond acceptors (Lipinski definition) is 4. The number of rotatable bonds is 5. The first-order valence-corrected chi connectivity index (χ1v) is 5.21. The molecule has 0 saturated carbocycles. The lowest BCUT2D eigenvalue weighted by atomic mass is 10.1. The molecule has 0 aromatic heterocycles. The van der Waals surface area contributed by atoms with Crippen molar-refractivity contribution in [3.63, 3.8) is 0 Å². The monoisotopic (exact) mass is 223 g/mol. The van der Waals surface area contributed by atoms with Crippen LogP contribution in [0.4, 0.5) is 5.69 Å². The number of ether oxygens (including phenoxy) is 2. The molecule has 1 aromatic rings. The summed E-state index contributed by atoms with van der Waals surface area (Å²) < 4.78 is 10.1. The Morgan fingerprint density at radius 2 is 2.00 bits per heavy atom. The Labute approximate surface area is 95.3 Å². The largest absolute Gasteiger partial charge is 0.466 e. The first-order valence-electron chi connectivity index (χ1n) is 5.21. The molecule has 0 fully saturated rings. The molecule has 0 bridgehead atoms. The maximum atomic E-state index is 11.3. The van der Waals surface area contributed by atoms with E-state index in [0.717, 1.165) is 5.56 Å². The summed E-state index contributed by atoms with van der Waals surface area (Å²) in [4.78, 5) is 11.3. The van der Waals surface area contributed by atoms with Crippen LogP contribution in [0.2, 0.25) is 0 Å². The van der Waals surface area contributed by atoms with E-state index in [0.29, 0.717) is 12.3 Å². The van der Waals surface area contributed by atoms with Gasteiger partial charge in [-0.25, -0.2) is 0 Å². The van der Waals surface area contributed by atoms with Gasteiger partial charge in [-0.15, -0.1) is 0 Å². The number of nitrogen functional groups attached to an aromatic ring is 1. The number of anilines is 1. The molecule has 1 aromatic carbocycles. The van der Waals surface area contributed by atoms with Crippen molar-refractivity contribution in [3.05, 3.63) is 29.8 Å². The summed E-state index contributed by atoms with van der Waals surface area (Å²) in [5.41, 5.74) is 7.20. The lowest BCUT2D eigenvalue weighted by Crippen LogP contribution is -2.11. The Morgan fingerprint density at radius 3 is 2.50 bits per heavy atom. The van der Waals surface area contributed by atoms with Gasteiger partial charge < -0.3 is 15.2 Å². The lowest BCUT2D eigenvalue weighted by molar-refractivity contribution is -0.146. The Bertz CT molecular complexity index is 335. The van der Waals surface area contributed by atoms with E-state index in [1.807, 2.05) is 12.1 Å². The van der Waals surface area contributed by atoms with E-state index >= 15 is 0 Å². The standard InChI is InChI=1S/C12H17NO3/c1-3-16-12(14)8-11(15-2)9-4-6-10(13)7-5-9/h4-7,11H,3,8,13H2,1-2H3. The molecule has 0 radical (unpaired) electrons. The minimum atomic E-state index is -0.278. The van der Waals surface area contributed by atoms with Crippen LogP contribution in [0.3, 0.4) is 0 Å². The van der Waals surface area contributed by atoms with Gasteiger partial charge in [0.25, 0.3) is 0 Å². The van der Waals surface area contributed by atoms with Crippen molar-refractivity contribution in [2.75, 3.05) is 19.5 Å². The molecule has 0 aliphatic carbocycles. The Morgan fingerprint density at radius 1 is 1.38 bits per heavy atom. The second kappa shape index (κ2) is 6.12. The van der Waals surface area contributed by atoms with E-state index in [9.17, 15) is 4.79 Å². The van der Waals surface area contributed by atoms with Crippen molar-refractivity contribution in [1.29, 1.82) is 0 Å². The summed E-state index contributed by atoms with van der Waals surface area (Å²) in [6.07, 6.45) is -0.0616. The van der Waals surface area contributed by atoms with Crippen LogP contribution in [-0.4, -0.2) is 19.7 Å². The van der Waals surface area contributed by atoms with Crippen LogP contribution in [0, 0.1) is 0 Å². The smallest absolute Gasteiger partial charge is 0.308 e. The maximum Gasteiger partial charge on any atom is 0.308 e. The van der Waals surface area contributed by atoms with Crippen molar-refractivity contribution < 1.29 is 14.3 Å². The van der Waals surface area contributed by atoms with E-state index in [-0.39, 0.29) is 18.5 Å². The second-order valence-corrected chi connectivity index (χ2v) is 3.40. The highest BCUT2D eigenvalue weighted by atomic mass is 16.5. The van der Waals surface area contributed by atoms with Gasteiger partial charge in [-0.05, 0) is 24.6 Å². The fourth-order valence-corrected chi connectivity index (χ4v) is 1.42. The molecular weight excluding hydrogens is 206 g/mol. The molecule has 0 aliphatic rings. The van der Waals surface area contributed by atoms with Gasteiger partial charge in [0.1, 0.15) is 0 Å². The topological polar surface area (TPSA) is 61.5 Å². The van der Waals surface area contributed by atoms with Gasteiger partial charge in [0, 0.05) is 12.8 Å². The van der Waals surface area contributed by atoms with Crippen molar-refractivity contribution in [1.82, 2.24) is 0 Å². The fraction of sp³-hybridized carbons (Fsp3) is 0.417. The molecule has 0 heterocycles. The molecule has 88 valence electrons. The summed E-state index contributed by atoms with van der Waals surface area (Å²) in [5.74, 6) is -0.258. The van der Waals surface area contributed by atoms with Crippen LogP contribution in [-0.2, 0) is 14.3 Å². The highest BCUT2D eigenvalue weighted by Crippen LogP contribution is 2.21. The molecular formula is C12H17NO3. The average Bonchev–Trinajstić information content (AvgIpc) is 2.27. The lowest BCUT2D eigenvalue weighted by Gasteiger charge is -2.14. The van der Waals surface area contributed by atoms with Gasteiger partial charge in [-0.3, -0.25) is 4.79 Å². The molecule has 0 amide bonds. The van der Waals surface area contributed by atoms with Crippen molar-refractivity contribution in [2.24, 2.45) is 0 Å². The molecule has 0 saturated heterocycles. The first kappa shape index (κ1) is 12.5. The first-order chi connectivity index (χ1) is 7.67. The molecule has 16 heavy (non-hydrogen) atoms. The Hall–Kier alpha value is -1.55. The highest BCUT2D eigenvalue weighted by molar-refractivity contribution is 5.70. The number of benzene rings is 1. The quantitative estimate of drug-likeness (QED) is 0.612. The number of nitrogens with two attached hydrogens (primary N) is 1. The van der Waals surface area contributed by atoms with E-state index < -0.39 is 0 Å². The van der Waals surface area contributed by atoms with Crippen molar-refractivity contribution in [2.45, 2.75) is 19.4 Å². The molecule has 1 unspecified atom stereocenters. The van der Waals surface area contributed by atoms with Gasteiger partial charge in [0.2, 0.25) is 0 Å². The third-order valence-corrected chi connectivity index (χ3v) is 2.25. The Kier molecular flexibility index (Phi) is 4.79. The van der Waals surface area contributed by atoms with Crippen LogP contribution < -0.4 is 5.73 Å².